The molecule has 0 spiro atoms. The van der Waals surface area contributed by atoms with Crippen LogP contribution < -0.4 is 11.1 Å². The normalized spacial score (nSPS) is 13.6. The van der Waals surface area contributed by atoms with E-state index in [0.717, 1.165) is 29.1 Å². The number of fused-ring (bicyclic) bond motifs is 1. The Morgan fingerprint density at radius 1 is 1.13 bits per heavy atom. The molecule has 1 aromatic carbocycles. The van der Waals surface area contributed by atoms with Gasteiger partial charge >= 0.3 is 6.18 Å². The molecule has 3 aromatic rings. The van der Waals surface area contributed by atoms with Crippen LogP contribution in [0.3, 0.4) is 0 Å². The van der Waals surface area contributed by atoms with Crippen molar-refractivity contribution < 1.29 is 18.0 Å². The van der Waals surface area contributed by atoms with E-state index in [1.165, 1.54) is 18.3 Å². The SMILES string of the molecule is Nc1nccc(C(=O)N2CCc3c(cccc3Nc3ccc(C(F)(F)F)nc3)C2)n1. The zero-order valence-corrected chi connectivity index (χ0v) is 15.6. The first kappa shape index (κ1) is 19.6. The number of nitrogens with zero attached hydrogens (tertiary/aromatic N) is 4. The molecule has 1 aliphatic heterocycles. The number of hydrogen-bond donors (Lipinski definition) is 2. The van der Waals surface area contributed by atoms with Crippen LogP contribution in [0.5, 0.6) is 0 Å². The van der Waals surface area contributed by atoms with E-state index in [-0.39, 0.29) is 17.5 Å². The molecule has 0 saturated heterocycles. The maximum atomic E-state index is 12.7. The molecule has 30 heavy (non-hydrogen) atoms. The standard InChI is InChI=1S/C20H17F3N6O/c21-20(22,23)17-5-4-13(10-26-17)27-15-3-1-2-12-11-29(9-7-14(12)15)18(30)16-6-8-25-19(24)28-16/h1-6,8,10,27H,7,9,11H2,(H2,24,25,28). The van der Waals surface area contributed by atoms with Crippen LogP contribution in [0.2, 0.25) is 0 Å². The van der Waals surface area contributed by atoms with Crippen LogP contribution in [-0.4, -0.2) is 32.3 Å². The topological polar surface area (TPSA) is 97.0 Å². The smallest absolute Gasteiger partial charge is 0.368 e. The van der Waals surface area contributed by atoms with E-state index in [2.05, 4.69) is 20.3 Å². The van der Waals surface area contributed by atoms with Gasteiger partial charge in [-0.15, -0.1) is 0 Å². The van der Waals surface area contributed by atoms with Crippen molar-refractivity contribution in [3.8, 4) is 0 Å². The molecule has 0 aliphatic carbocycles. The van der Waals surface area contributed by atoms with Crippen LogP contribution in [0.1, 0.15) is 27.3 Å². The minimum Gasteiger partial charge on any atom is -0.368 e. The number of nitrogens with two attached hydrogens (primary N) is 1. The summed E-state index contributed by atoms with van der Waals surface area (Å²) in [6.07, 6.45) is -1.30. The number of nitrogen functional groups attached to an aromatic ring is 1. The Kier molecular flexibility index (Phi) is 4.98. The quantitative estimate of drug-likeness (QED) is 0.682. The number of carbonyl (C=O) groups excluding carboxylic acids is 1. The van der Waals surface area contributed by atoms with Crippen molar-refractivity contribution in [3.05, 3.63) is 71.3 Å². The van der Waals surface area contributed by atoms with E-state index in [9.17, 15) is 18.0 Å². The van der Waals surface area contributed by atoms with E-state index in [4.69, 9.17) is 5.73 Å². The summed E-state index contributed by atoms with van der Waals surface area (Å²) >= 11 is 0. The average molecular weight is 414 g/mol. The zero-order chi connectivity index (χ0) is 21.3. The predicted octanol–water partition coefficient (Wildman–Crippen LogP) is 3.41. The lowest BCUT2D eigenvalue weighted by molar-refractivity contribution is -0.141. The molecule has 0 radical (unpaired) electrons. The first-order chi connectivity index (χ1) is 14.3. The second-order valence-corrected chi connectivity index (χ2v) is 6.77. The summed E-state index contributed by atoms with van der Waals surface area (Å²) in [5.74, 6) is -0.199. The fraction of sp³-hybridized carbons (Fsp3) is 0.200. The van der Waals surface area contributed by atoms with Gasteiger partial charge in [0.2, 0.25) is 5.95 Å². The van der Waals surface area contributed by atoms with Gasteiger partial charge in [0.1, 0.15) is 11.4 Å². The van der Waals surface area contributed by atoms with Crippen molar-refractivity contribution >= 4 is 23.2 Å². The lowest BCUT2D eigenvalue weighted by Gasteiger charge is -2.30. The number of alkyl halides is 3. The third kappa shape index (κ3) is 4.02. The molecule has 1 aliphatic rings. The highest BCUT2D eigenvalue weighted by Gasteiger charge is 2.32. The molecule has 0 fully saturated rings. The molecule has 0 saturated carbocycles. The summed E-state index contributed by atoms with van der Waals surface area (Å²) in [5, 5.41) is 3.12. The molecule has 1 amide bonds. The minimum atomic E-state index is -4.48. The van der Waals surface area contributed by atoms with E-state index < -0.39 is 11.9 Å². The van der Waals surface area contributed by atoms with E-state index >= 15 is 0 Å². The van der Waals surface area contributed by atoms with Gasteiger partial charge < -0.3 is 16.0 Å². The van der Waals surface area contributed by atoms with Crippen molar-refractivity contribution in [1.82, 2.24) is 19.9 Å². The van der Waals surface area contributed by atoms with Crippen LogP contribution in [0.25, 0.3) is 0 Å². The third-order valence-corrected chi connectivity index (χ3v) is 4.78. The van der Waals surface area contributed by atoms with Crippen LogP contribution in [-0.2, 0) is 19.1 Å². The van der Waals surface area contributed by atoms with Crippen LogP contribution in [0.4, 0.5) is 30.5 Å². The molecule has 7 nitrogen and oxygen atoms in total. The van der Waals surface area contributed by atoms with Gasteiger partial charge in [0.15, 0.2) is 0 Å². The van der Waals surface area contributed by atoms with E-state index in [0.29, 0.717) is 25.2 Å². The van der Waals surface area contributed by atoms with Crippen LogP contribution in [0, 0.1) is 0 Å². The molecule has 10 heteroatoms. The monoisotopic (exact) mass is 414 g/mol. The summed E-state index contributed by atoms with van der Waals surface area (Å²) in [7, 11) is 0. The third-order valence-electron chi connectivity index (χ3n) is 4.78. The Labute approximate surface area is 169 Å². The number of halogens is 3. The van der Waals surface area contributed by atoms with Crippen molar-refractivity contribution in [2.45, 2.75) is 19.1 Å². The molecular weight excluding hydrogens is 397 g/mol. The summed E-state index contributed by atoms with van der Waals surface area (Å²) in [6.45, 7) is 0.860. The maximum Gasteiger partial charge on any atom is 0.433 e. The highest BCUT2D eigenvalue weighted by atomic mass is 19.4. The highest BCUT2D eigenvalue weighted by Crippen LogP contribution is 2.31. The average Bonchev–Trinajstić information content (AvgIpc) is 2.73. The van der Waals surface area contributed by atoms with E-state index in [1.54, 1.807) is 4.90 Å². The number of pyridine rings is 1. The summed E-state index contributed by atoms with van der Waals surface area (Å²) in [6, 6.07) is 9.39. The number of amides is 1. The molecule has 2 aromatic heterocycles. The first-order valence-electron chi connectivity index (χ1n) is 9.10. The Morgan fingerprint density at radius 3 is 2.67 bits per heavy atom. The Morgan fingerprint density at radius 2 is 1.97 bits per heavy atom. The lowest BCUT2D eigenvalue weighted by atomic mass is 9.97. The minimum absolute atomic E-state index is 0.0369. The number of nitrogens with one attached hydrogen (secondary N) is 1. The van der Waals surface area contributed by atoms with Gasteiger partial charge in [-0.2, -0.15) is 13.2 Å². The second kappa shape index (κ2) is 7.62. The number of rotatable bonds is 3. The summed E-state index contributed by atoms with van der Waals surface area (Å²) in [4.78, 5) is 25.6. The number of carbonyl (C=O) groups is 1. The van der Waals surface area contributed by atoms with Crippen molar-refractivity contribution in [1.29, 1.82) is 0 Å². The Hall–Kier alpha value is -3.69. The number of benzene rings is 1. The van der Waals surface area contributed by atoms with Crippen LogP contribution in [0.15, 0.2) is 48.8 Å². The van der Waals surface area contributed by atoms with Crippen LogP contribution >= 0.6 is 0 Å². The van der Waals surface area contributed by atoms with Gasteiger partial charge in [-0.05, 0) is 41.8 Å². The maximum absolute atomic E-state index is 12.7. The Bertz CT molecular complexity index is 1080. The van der Waals surface area contributed by atoms with Gasteiger partial charge in [0, 0.05) is 25.0 Å². The van der Waals surface area contributed by atoms with Gasteiger partial charge in [-0.1, -0.05) is 12.1 Å². The predicted molar refractivity (Wildman–Crippen MR) is 104 cm³/mol. The zero-order valence-electron chi connectivity index (χ0n) is 15.6. The Balaban J connectivity index is 1.52. The van der Waals surface area contributed by atoms with Crippen molar-refractivity contribution in [3.63, 3.8) is 0 Å². The lowest BCUT2D eigenvalue weighted by Crippen LogP contribution is -2.36. The number of hydrogen-bond acceptors (Lipinski definition) is 6. The number of aromatic nitrogens is 3. The fourth-order valence-corrected chi connectivity index (χ4v) is 3.35. The summed E-state index contributed by atoms with van der Waals surface area (Å²) in [5.41, 5.74) is 8.02. The molecular formula is C20H17F3N6O. The van der Waals surface area contributed by atoms with E-state index in [1.807, 2.05) is 18.2 Å². The van der Waals surface area contributed by atoms with Gasteiger partial charge in [0.25, 0.3) is 5.91 Å². The molecule has 0 atom stereocenters. The van der Waals surface area contributed by atoms with Crippen molar-refractivity contribution in [2.24, 2.45) is 0 Å². The summed E-state index contributed by atoms with van der Waals surface area (Å²) < 4.78 is 38.1. The number of anilines is 3. The second-order valence-electron chi connectivity index (χ2n) is 6.77. The molecule has 0 bridgehead atoms. The highest BCUT2D eigenvalue weighted by molar-refractivity contribution is 5.92. The molecule has 3 heterocycles. The largest absolute Gasteiger partial charge is 0.433 e. The molecule has 154 valence electrons. The van der Waals surface area contributed by atoms with Crippen molar-refractivity contribution in [2.75, 3.05) is 17.6 Å². The van der Waals surface area contributed by atoms with Gasteiger partial charge in [0.05, 0.1) is 11.9 Å². The molecule has 4 rings (SSSR count). The molecule has 3 N–H and O–H groups in total. The first-order valence-corrected chi connectivity index (χ1v) is 9.10. The van der Waals surface area contributed by atoms with Gasteiger partial charge in [-0.25, -0.2) is 15.0 Å². The molecule has 0 unspecified atom stereocenters. The fourth-order valence-electron chi connectivity index (χ4n) is 3.35. The van der Waals surface area contributed by atoms with Gasteiger partial charge in [-0.3, -0.25) is 4.79 Å².